The summed E-state index contributed by atoms with van der Waals surface area (Å²) in [6.07, 6.45) is 0.824. The van der Waals surface area contributed by atoms with E-state index in [1.807, 2.05) is 18.2 Å². The first-order chi connectivity index (χ1) is 12.1. The van der Waals surface area contributed by atoms with Crippen LogP contribution in [0.15, 0.2) is 36.4 Å². The van der Waals surface area contributed by atoms with Crippen LogP contribution in [0.4, 0.5) is 22.7 Å². The maximum absolute atomic E-state index is 11.5. The maximum Gasteiger partial charge on any atom is 0.292 e. The molecule has 0 amide bonds. The summed E-state index contributed by atoms with van der Waals surface area (Å²) in [5, 5.41) is 24.2. The number of rotatable bonds is 3. The average Bonchev–Trinajstić information content (AvgIpc) is 3.10. The van der Waals surface area contributed by atoms with Crippen molar-refractivity contribution >= 4 is 22.7 Å². The second-order valence-electron chi connectivity index (χ2n) is 6.38. The number of anilines is 3. The van der Waals surface area contributed by atoms with Gasteiger partial charge in [0, 0.05) is 55.7 Å². The number of hydrogen-bond acceptors (Lipinski definition) is 6. The number of benzene rings is 2. The first-order valence-electron chi connectivity index (χ1n) is 8.46. The van der Waals surface area contributed by atoms with Gasteiger partial charge in [0.05, 0.1) is 4.92 Å². The van der Waals surface area contributed by atoms with Crippen LogP contribution in [0.2, 0.25) is 0 Å². The Balaban J connectivity index is 1.58. The lowest BCUT2D eigenvalue weighted by Crippen LogP contribution is -2.47. The molecule has 2 heterocycles. The van der Waals surface area contributed by atoms with E-state index in [1.165, 1.54) is 0 Å². The smallest absolute Gasteiger partial charge is 0.292 e. The van der Waals surface area contributed by atoms with E-state index >= 15 is 0 Å². The van der Waals surface area contributed by atoms with Crippen molar-refractivity contribution in [3.8, 4) is 5.75 Å². The number of nitrogens with zero attached hydrogens (tertiary/aromatic N) is 3. The van der Waals surface area contributed by atoms with Gasteiger partial charge in [0.2, 0.25) is 0 Å². The van der Waals surface area contributed by atoms with Gasteiger partial charge in [-0.3, -0.25) is 10.1 Å². The molecule has 2 N–H and O–H groups in total. The van der Waals surface area contributed by atoms with E-state index in [0.717, 1.165) is 61.8 Å². The van der Waals surface area contributed by atoms with E-state index in [1.54, 1.807) is 18.2 Å². The van der Waals surface area contributed by atoms with Crippen LogP contribution in [0.1, 0.15) is 5.56 Å². The molecule has 0 aromatic heterocycles. The standard InChI is InChI=1S/C18H20N4O3/c23-14-3-1-13(2-4-14)20-9-11-21(12-10-20)18-15-7-8-19-16(15)5-6-17(18)22(24)25/h1-6,19,23H,7-12H2. The number of phenolic OH excluding ortho intramolecular Hbond substituents is 1. The summed E-state index contributed by atoms with van der Waals surface area (Å²) in [5.41, 5.74) is 4.11. The van der Waals surface area contributed by atoms with E-state index in [-0.39, 0.29) is 16.4 Å². The zero-order valence-electron chi connectivity index (χ0n) is 13.8. The van der Waals surface area contributed by atoms with E-state index < -0.39 is 0 Å². The first kappa shape index (κ1) is 15.6. The van der Waals surface area contributed by atoms with E-state index in [0.29, 0.717) is 0 Å². The van der Waals surface area contributed by atoms with Crippen LogP contribution in [-0.2, 0) is 6.42 Å². The molecule has 0 spiro atoms. The van der Waals surface area contributed by atoms with Crippen LogP contribution >= 0.6 is 0 Å². The molecule has 0 radical (unpaired) electrons. The van der Waals surface area contributed by atoms with Crippen molar-refractivity contribution in [1.29, 1.82) is 0 Å². The summed E-state index contributed by atoms with van der Waals surface area (Å²) >= 11 is 0. The number of nitro benzene ring substituents is 1. The lowest BCUT2D eigenvalue weighted by atomic mass is 10.1. The average molecular weight is 340 g/mol. The molecule has 0 bridgehead atoms. The third kappa shape index (κ3) is 2.82. The second kappa shape index (κ2) is 6.16. The van der Waals surface area contributed by atoms with Crippen molar-refractivity contribution in [2.24, 2.45) is 0 Å². The van der Waals surface area contributed by atoms with Crippen LogP contribution < -0.4 is 15.1 Å². The van der Waals surface area contributed by atoms with E-state index in [9.17, 15) is 15.2 Å². The van der Waals surface area contributed by atoms with Crippen molar-refractivity contribution in [2.45, 2.75) is 6.42 Å². The van der Waals surface area contributed by atoms with Gasteiger partial charge in [-0.1, -0.05) is 0 Å². The van der Waals surface area contributed by atoms with Crippen molar-refractivity contribution in [2.75, 3.05) is 47.8 Å². The molecule has 0 unspecified atom stereocenters. The number of nitro groups is 1. The van der Waals surface area contributed by atoms with Gasteiger partial charge in [-0.05, 0) is 36.8 Å². The minimum atomic E-state index is -0.277. The molecule has 2 aromatic carbocycles. The molecule has 1 saturated heterocycles. The number of phenols is 1. The highest BCUT2D eigenvalue weighted by molar-refractivity contribution is 5.78. The summed E-state index contributed by atoms with van der Waals surface area (Å²) in [5.74, 6) is 0.255. The Labute approximate surface area is 145 Å². The summed E-state index contributed by atoms with van der Waals surface area (Å²) in [4.78, 5) is 15.6. The highest BCUT2D eigenvalue weighted by atomic mass is 16.6. The summed E-state index contributed by atoms with van der Waals surface area (Å²) < 4.78 is 0. The van der Waals surface area contributed by atoms with Crippen molar-refractivity contribution in [3.05, 3.63) is 52.1 Å². The topological polar surface area (TPSA) is 81.9 Å². The molecular formula is C18H20N4O3. The quantitative estimate of drug-likeness (QED) is 0.660. The van der Waals surface area contributed by atoms with Crippen molar-refractivity contribution < 1.29 is 10.0 Å². The van der Waals surface area contributed by atoms with Gasteiger partial charge in [-0.2, -0.15) is 0 Å². The van der Waals surface area contributed by atoms with Crippen LogP contribution in [-0.4, -0.2) is 42.8 Å². The number of aromatic hydroxyl groups is 1. The summed E-state index contributed by atoms with van der Waals surface area (Å²) in [7, 11) is 0. The normalized spacial score (nSPS) is 16.5. The van der Waals surface area contributed by atoms with Gasteiger partial charge in [-0.15, -0.1) is 0 Å². The fourth-order valence-electron chi connectivity index (χ4n) is 3.72. The highest BCUT2D eigenvalue weighted by Gasteiger charge is 2.29. The van der Waals surface area contributed by atoms with Gasteiger partial charge < -0.3 is 20.2 Å². The van der Waals surface area contributed by atoms with E-state index in [4.69, 9.17) is 0 Å². The first-order valence-corrected chi connectivity index (χ1v) is 8.46. The Hall–Kier alpha value is -2.96. The van der Waals surface area contributed by atoms with Crippen LogP contribution in [0, 0.1) is 10.1 Å². The molecule has 7 heteroatoms. The molecule has 2 aromatic rings. The fraction of sp³-hybridized carbons (Fsp3) is 0.333. The number of nitrogens with one attached hydrogen (secondary N) is 1. The molecule has 1 fully saturated rings. The fourth-order valence-corrected chi connectivity index (χ4v) is 3.72. The molecule has 0 atom stereocenters. The number of fused-ring (bicyclic) bond motifs is 1. The second-order valence-corrected chi connectivity index (χ2v) is 6.38. The van der Waals surface area contributed by atoms with E-state index in [2.05, 4.69) is 15.1 Å². The molecule has 0 aliphatic carbocycles. The molecule has 0 saturated carbocycles. The lowest BCUT2D eigenvalue weighted by Gasteiger charge is -2.37. The largest absolute Gasteiger partial charge is 0.508 e. The number of piperazine rings is 1. The zero-order valence-corrected chi connectivity index (χ0v) is 13.8. The van der Waals surface area contributed by atoms with Crippen molar-refractivity contribution in [1.82, 2.24) is 0 Å². The summed E-state index contributed by atoms with van der Waals surface area (Å²) in [6.45, 7) is 3.88. The van der Waals surface area contributed by atoms with Gasteiger partial charge >= 0.3 is 0 Å². The monoisotopic (exact) mass is 340 g/mol. The predicted molar refractivity (Wildman–Crippen MR) is 97.8 cm³/mol. The Morgan fingerprint density at radius 1 is 1.00 bits per heavy atom. The molecule has 2 aliphatic rings. The van der Waals surface area contributed by atoms with Gasteiger partial charge in [0.1, 0.15) is 11.4 Å². The van der Waals surface area contributed by atoms with Gasteiger partial charge in [0.15, 0.2) is 0 Å². The molecule has 130 valence electrons. The SMILES string of the molecule is O=[N+]([O-])c1ccc2c(c1N1CCN(c3ccc(O)cc3)CC1)CCN2. The minimum Gasteiger partial charge on any atom is -0.508 e. The lowest BCUT2D eigenvalue weighted by molar-refractivity contribution is -0.384. The predicted octanol–water partition coefficient (Wildman–Crippen LogP) is 2.59. The molecule has 4 rings (SSSR count). The van der Waals surface area contributed by atoms with Crippen LogP contribution in [0.25, 0.3) is 0 Å². The maximum atomic E-state index is 11.5. The van der Waals surface area contributed by atoms with Crippen LogP contribution in [0.3, 0.4) is 0 Å². The van der Waals surface area contributed by atoms with Gasteiger partial charge in [0.25, 0.3) is 5.69 Å². The zero-order chi connectivity index (χ0) is 17.4. The third-order valence-electron chi connectivity index (χ3n) is 4.96. The molecule has 25 heavy (non-hydrogen) atoms. The summed E-state index contributed by atoms with van der Waals surface area (Å²) in [6, 6.07) is 10.6. The highest BCUT2D eigenvalue weighted by Crippen LogP contribution is 2.40. The molecular weight excluding hydrogens is 320 g/mol. The minimum absolute atomic E-state index is 0.195. The Morgan fingerprint density at radius 2 is 1.68 bits per heavy atom. The molecule has 2 aliphatic heterocycles. The third-order valence-corrected chi connectivity index (χ3v) is 4.96. The van der Waals surface area contributed by atoms with Crippen LogP contribution in [0.5, 0.6) is 5.75 Å². The number of hydrogen-bond donors (Lipinski definition) is 2. The molecule has 7 nitrogen and oxygen atoms in total. The van der Waals surface area contributed by atoms with Crippen molar-refractivity contribution in [3.63, 3.8) is 0 Å². The Morgan fingerprint density at radius 3 is 2.36 bits per heavy atom. The van der Waals surface area contributed by atoms with Gasteiger partial charge in [-0.25, -0.2) is 0 Å². The Bertz CT molecular complexity index is 799. The Kier molecular flexibility index (Phi) is 3.83.